The third-order valence-electron chi connectivity index (χ3n) is 5.93. The number of ketones is 1. The van der Waals surface area contributed by atoms with E-state index in [9.17, 15) is 14.3 Å². The minimum Gasteiger partial charge on any atom is -0.507 e. The van der Waals surface area contributed by atoms with Crippen LogP contribution in [0.3, 0.4) is 0 Å². The maximum absolute atomic E-state index is 14.5. The highest BCUT2D eigenvalue weighted by Gasteiger charge is 2.18. The smallest absolute Gasteiger partial charge is 0.179 e. The van der Waals surface area contributed by atoms with Crippen LogP contribution >= 0.6 is 0 Å². The second-order valence-corrected chi connectivity index (χ2v) is 9.19. The summed E-state index contributed by atoms with van der Waals surface area (Å²) in [5, 5.41) is 10.5. The number of imidazole rings is 1. The number of hydrogen-bond acceptors (Lipinski definition) is 5. The topological polar surface area (TPSA) is 73.6 Å². The predicted octanol–water partition coefficient (Wildman–Crippen LogP) is 6.37. The van der Waals surface area contributed by atoms with Crippen molar-refractivity contribution in [1.82, 2.24) is 9.71 Å². The van der Waals surface area contributed by atoms with Gasteiger partial charge in [-0.05, 0) is 62.1 Å². The number of hydrogen-bond donors (Lipinski definition) is 1. The molecule has 0 aliphatic rings. The maximum Gasteiger partial charge on any atom is 0.179 e. The van der Waals surface area contributed by atoms with Crippen LogP contribution in [0.15, 0.2) is 60.7 Å². The van der Waals surface area contributed by atoms with E-state index in [2.05, 4.69) is 4.98 Å². The van der Waals surface area contributed by atoms with Crippen LogP contribution in [-0.4, -0.2) is 33.8 Å². The second-order valence-electron chi connectivity index (χ2n) is 9.19. The van der Waals surface area contributed by atoms with Gasteiger partial charge in [0.05, 0.1) is 23.3 Å². The number of phenolic OH excluding ortho intramolecular Hbond substituents is 1. The van der Waals surface area contributed by atoms with E-state index in [1.807, 2.05) is 38.1 Å². The van der Waals surface area contributed by atoms with E-state index in [4.69, 9.17) is 9.57 Å². The van der Waals surface area contributed by atoms with Gasteiger partial charge in [0.1, 0.15) is 29.4 Å². The molecule has 0 atom stereocenters. The quantitative estimate of drug-likeness (QED) is 0.195. The SMILES string of the molecule is Cc1c(OCCCCOn2c(-c3ccccc3F)nc3ccccc32)ccc(C(=O)CC(C)C)c1O. The fraction of sp³-hybridized carbons (Fsp3) is 0.310. The molecule has 3 aromatic carbocycles. The van der Waals surface area contributed by atoms with Crippen molar-refractivity contribution in [2.24, 2.45) is 5.92 Å². The van der Waals surface area contributed by atoms with Gasteiger partial charge in [0, 0.05) is 12.0 Å². The average molecular weight is 491 g/mol. The lowest BCUT2D eigenvalue weighted by Gasteiger charge is -2.14. The summed E-state index contributed by atoms with van der Waals surface area (Å²) in [6.45, 7) is 6.50. The van der Waals surface area contributed by atoms with E-state index in [0.29, 0.717) is 60.7 Å². The number of benzene rings is 3. The van der Waals surface area contributed by atoms with Crippen LogP contribution < -0.4 is 9.57 Å². The van der Waals surface area contributed by atoms with Gasteiger partial charge in [-0.2, -0.15) is 4.73 Å². The van der Waals surface area contributed by atoms with Gasteiger partial charge in [-0.1, -0.05) is 38.1 Å². The third-order valence-corrected chi connectivity index (χ3v) is 5.93. The molecule has 0 amide bonds. The monoisotopic (exact) mass is 490 g/mol. The zero-order valence-corrected chi connectivity index (χ0v) is 20.8. The van der Waals surface area contributed by atoms with Crippen LogP contribution in [0, 0.1) is 18.7 Å². The molecule has 1 heterocycles. The molecule has 1 N–H and O–H groups in total. The number of rotatable bonds is 11. The Kier molecular flexibility index (Phi) is 7.88. The van der Waals surface area contributed by atoms with Crippen molar-refractivity contribution in [2.75, 3.05) is 13.2 Å². The Morgan fingerprint density at radius 2 is 1.75 bits per heavy atom. The minimum atomic E-state index is -0.360. The molecule has 0 aliphatic carbocycles. The Hall–Kier alpha value is -3.87. The molecule has 4 rings (SSSR count). The van der Waals surface area contributed by atoms with E-state index >= 15 is 0 Å². The average Bonchev–Trinajstić information content (AvgIpc) is 3.22. The number of carbonyl (C=O) groups is 1. The van der Waals surface area contributed by atoms with Crippen molar-refractivity contribution >= 4 is 16.8 Å². The van der Waals surface area contributed by atoms with Crippen molar-refractivity contribution in [3.63, 3.8) is 0 Å². The molecule has 0 radical (unpaired) electrons. The molecular weight excluding hydrogens is 459 g/mol. The molecule has 0 fully saturated rings. The highest BCUT2D eigenvalue weighted by molar-refractivity contribution is 5.99. The number of carbonyl (C=O) groups excluding carboxylic acids is 1. The molecule has 0 unspecified atom stereocenters. The molecular formula is C29H31FN2O4. The van der Waals surface area contributed by atoms with Crippen molar-refractivity contribution in [3.8, 4) is 22.9 Å². The molecule has 0 bridgehead atoms. The molecule has 0 spiro atoms. The van der Waals surface area contributed by atoms with Crippen molar-refractivity contribution < 1.29 is 23.9 Å². The van der Waals surface area contributed by atoms with Gasteiger partial charge >= 0.3 is 0 Å². The lowest BCUT2D eigenvalue weighted by molar-refractivity contribution is 0.0965. The first-order valence-corrected chi connectivity index (χ1v) is 12.2. The summed E-state index contributed by atoms with van der Waals surface area (Å²) >= 11 is 0. The van der Waals surface area contributed by atoms with Crippen molar-refractivity contribution in [3.05, 3.63) is 77.6 Å². The van der Waals surface area contributed by atoms with Crippen LogP contribution in [-0.2, 0) is 0 Å². The van der Waals surface area contributed by atoms with E-state index in [1.54, 1.807) is 42.0 Å². The lowest BCUT2D eigenvalue weighted by Crippen LogP contribution is -2.15. The number of ether oxygens (including phenoxy) is 1. The van der Waals surface area contributed by atoms with Crippen molar-refractivity contribution in [2.45, 2.75) is 40.0 Å². The molecule has 0 aliphatic heterocycles. The number of unbranched alkanes of at least 4 members (excludes halogenated alkanes) is 1. The molecule has 7 heteroatoms. The predicted molar refractivity (Wildman–Crippen MR) is 138 cm³/mol. The fourth-order valence-corrected chi connectivity index (χ4v) is 4.03. The van der Waals surface area contributed by atoms with Gasteiger partial charge in [0.15, 0.2) is 11.6 Å². The summed E-state index contributed by atoms with van der Waals surface area (Å²) in [6, 6.07) is 17.4. The molecule has 1 aromatic heterocycles. The second kappa shape index (κ2) is 11.2. The Labute approximate surface area is 210 Å². The van der Waals surface area contributed by atoms with Gasteiger partial charge < -0.3 is 14.7 Å². The summed E-state index contributed by atoms with van der Waals surface area (Å²) in [4.78, 5) is 22.9. The van der Waals surface area contributed by atoms with Gasteiger partial charge in [0.2, 0.25) is 0 Å². The standard InChI is InChI=1S/C29H31FN2O4/c1-19(2)18-26(33)22-14-15-27(20(3)28(22)34)35-16-8-9-17-36-32-25-13-7-6-12-24(25)31-29(32)21-10-4-5-11-23(21)30/h4-7,10-15,19,34H,8-9,16-18H2,1-3H3. The van der Waals surface area contributed by atoms with Crippen LogP contribution in [0.1, 0.15) is 49.0 Å². The number of nitrogens with zero attached hydrogens (tertiary/aromatic N) is 2. The van der Waals surface area contributed by atoms with Gasteiger partial charge in [0.25, 0.3) is 0 Å². The zero-order valence-electron chi connectivity index (χ0n) is 20.8. The van der Waals surface area contributed by atoms with E-state index in [0.717, 1.165) is 11.0 Å². The number of para-hydroxylation sites is 2. The maximum atomic E-state index is 14.5. The zero-order chi connectivity index (χ0) is 25.7. The molecule has 6 nitrogen and oxygen atoms in total. The first-order valence-electron chi connectivity index (χ1n) is 12.2. The number of phenols is 1. The Morgan fingerprint density at radius 3 is 2.53 bits per heavy atom. The van der Waals surface area contributed by atoms with Crippen molar-refractivity contribution in [1.29, 1.82) is 0 Å². The van der Waals surface area contributed by atoms with Gasteiger partial charge in [-0.25, -0.2) is 9.37 Å². The van der Waals surface area contributed by atoms with Gasteiger partial charge in [-0.3, -0.25) is 4.79 Å². The molecule has 188 valence electrons. The summed E-state index contributed by atoms with van der Waals surface area (Å²) < 4.78 is 21.9. The Bertz CT molecular complexity index is 1360. The van der Waals surface area contributed by atoms with Crippen LogP contribution in [0.25, 0.3) is 22.4 Å². The van der Waals surface area contributed by atoms with Crippen LogP contribution in [0.2, 0.25) is 0 Å². The highest BCUT2D eigenvalue weighted by Crippen LogP contribution is 2.32. The summed E-state index contributed by atoms with van der Waals surface area (Å²) in [7, 11) is 0. The summed E-state index contributed by atoms with van der Waals surface area (Å²) in [6.07, 6.45) is 1.78. The fourth-order valence-electron chi connectivity index (χ4n) is 4.03. The minimum absolute atomic E-state index is 0.0193. The first kappa shape index (κ1) is 25.2. The van der Waals surface area contributed by atoms with E-state index in [1.165, 1.54) is 6.07 Å². The first-order chi connectivity index (χ1) is 17.4. The molecule has 0 saturated heterocycles. The van der Waals surface area contributed by atoms with Crippen LogP contribution in [0.5, 0.6) is 11.5 Å². The Morgan fingerprint density at radius 1 is 1.03 bits per heavy atom. The number of aromatic nitrogens is 2. The van der Waals surface area contributed by atoms with Crippen LogP contribution in [0.4, 0.5) is 4.39 Å². The number of fused-ring (bicyclic) bond motifs is 1. The van der Waals surface area contributed by atoms with Gasteiger partial charge in [-0.15, -0.1) is 0 Å². The normalized spacial score (nSPS) is 11.2. The molecule has 0 saturated carbocycles. The largest absolute Gasteiger partial charge is 0.507 e. The molecule has 4 aromatic rings. The highest BCUT2D eigenvalue weighted by atomic mass is 19.1. The van der Waals surface area contributed by atoms with E-state index < -0.39 is 0 Å². The number of Topliss-reactive ketones (excluding diaryl/α,β-unsaturated/α-hetero) is 1. The summed E-state index contributed by atoms with van der Waals surface area (Å²) in [5.74, 6) is 0.742. The summed E-state index contributed by atoms with van der Waals surface area (Å²) in [5.41, 5.74) is 2.76. The lowest BCUT2D eigenvalue weighted by atomic mass is 9.98. The number of aromatic hydroxyl groups is 1. The number of halogens is 1. The Balaban J connectivity index is 1.35. The van der Waals surface area contributed by atoms with E-state index in [-0.39, 0.29) is 23.3 Å². The molecule has 36 heavy (non-hydrogen) atoms. The third kappa shape index (κ3) is 5.51.